The Balaban J connectivity index is 1.66. The lowest BCUT2D eigenvalue weighted by Gasteiger charge is -2.45. The predicted molar refractivity (Wildman–Crippen MR) is 166 cm³/mol. The Morgan fingerprint density at radius 1 is 0.850 bits per heavy atom. The molecule has 212 valence electrons. The molecule has 1 heterocycles. The largest absolute Gasteiger partial charge is 0.444 e. The van der Waals surface area contributed by atoms with E-state index in [1.54, 1.807) is 0 Å². The van der Waals surface area contributed by atoms with Crippen LogP contribution in [-0.4, -0.2) is 44.1 Å². The molecule has 0 radical (unpaired) electrons. The fraction of sp³-hybridized carbons (Fsp3) is 0.382. The van der Waals surface area contributed by atoms with E-state index in [-0.39, 0.29) is 11.1 Å². The molecule has 0 bridgehead atoms. The van der Waals surface area contributed by atoms with Crippen molar-refractivity contribution in [1.29, 1.82) is 0 Å². The minimum absolute atomic E-state index is 0.0804. The zero-order valence-electron chi connectivity index (χ0n) is 24.8. The fourth-order valence-electron chi connectivity index (χ4n) is 5.54. The summed E-state index contributed by atoms with van der Waals surface area (Å²) in [4.78, 5) is 15.1. The summed E-state index contributed by atoms with van der Waals surface area (Å²) >= 11 is 0. The van der Waals surface area contributed by atoms with E-state index in [0.717, 1.165) is 18.8 Å². The molecule has 1 aliphatic rings. The molecule has 0 spiro atoms. The van der Waals surface area contributed by atoms with Crippen molar-refractivity contribution >= 4 is 24.8 Å². The smallest absolute Gasteiger partial charge is 0.411 e. The Labute approximate surface area is 241 Å². The number of carbonyl (C=O) groups is 1. The van der Waals surface area contributed by atoms with Gasteiger partial charge in [0.15, 0.2) is 0 Å². The molecule has 4 rings (SSSR count). The molecule has 1 N–H and O–H groups in total. The van der Waals surface area contributed by atoms with E-state index in [1.165, 1.54) is 15.9 Å². The van der Waals surface area contributed by atoms with Gasteiger partial charge in [0.1, 0.15) is 5.60 Å². The Bertz CT molecular complexity index is 1230. The van der Waals surface area contributed by atoms with Gasteiger partial charge in [-0.3, -0.25) is 10.2 Å². The minimum atomic E-state index is -2.70. The van der Waals surface area contributed by atoms with Crippen LogP contribution in [0.1, 0.15) is 53.5 Å². The third kappa shape index (κ3) is 7.30. The lowest BCUT2D eigenvalue weighted by atomic mass is 10.0. The normalized spacial score (nSPS) is 16.8. The average molecular weight is 557 g/mol. The van der Waals surface area contributed by atoms with Crippen LogP contribution < -0.4 is 15.7 Å². The first kappa shape index (κ1) is 29.8. The van der Waals surface area contributed by atoms with Gasteiger partial charge >= 0.3 is 6.09 Å². The number of hydrogen-bond acceptors (Lipinski definition) is 4. The van der Waals surface area contributed by atoms with Gasteiger partial charge in [-0.15, -0.1) is 0 Å². The SMILES string of the molecule is CC(C)(C)OC(=O)NC1=CCN(Cc2ccccc2)C(CO[Si](c2ccccc2)(c2ccccc2)C(C)(C)C)C1. The second-order valence-electron chi connectivity index (χ2n) is 12.6. The van der Waals surface area contributed by atoms with Gasteiger partial charge < -0.3 is 9.16 Å². The quantitative estimate of drug-likeness (QED) is 0.334. The van der Waals surface area contributed by atoms with E-state index in [9.17, 15) is 4.79 Å². The van der Waals surface area contributed by atoms with Gasteiger partial charge in [-0.1, -0.05) is 118 Å². The number of carbonyl (C=O) groups excluding carboxylic acids is 1. The maximum atomic E-state index is 12.6. The molecule has 6 heteroatoms. The van der Waals surface area contributed by atoms with E-state index in [4.69, 9.17) is 9.16 Å². The lowest BCUT2D eigenvalue weighted by molar-refractivity contribution is 0.0532. The number of amides is 1. The summed E-state index contributed by atoms with van der Waals surface area (Å²) in [6.45, 7) is 14.6. The molecule has 3 aromatic carbocycles. The summed E-state index contributed by atoms with van der Waals surface area (Å²) in [7, 11) is -2.70. The molecule has 40 heavy (non-hydrogen) atoms. The van der Waals surface area contributed by atoms with Crippen molar-refractivity contribution in [3.63, 3.8) is 0 Å². The van der Waals surface area contributed by atoms with Crippen LogP contribution in [0.3, 0.4) is 0 Å². The number of benzene rings is 3. The van der Waals surface area contributed by atoms with Crippen LogP contribution in [0.25, 0.3) is 0 Å². The first-order chi connectivity index (χ1) is 19.0. The topological polar surface area (TPSA) is 50.8 Å². The van der Waals surface area contributed by atoms with Crippen LogP contribution in [0, 0.1) is 0 Å². The Morgan fingerprint density at radius 2 is 1.38 bits per heavy atom. The molecule has 1 amide bonds. The molecule has 0 saturated carbocycles. The highest BCUT2D eigenvalue weighted by molar-refractivity contribution is 6.99. The van der Waals surface area contributed by atoms with Gasteiger partial charge in [0.05, 0.1) is 6.61 Å². The maximum Gasteiger partial charge on any atom is 0.411 e. The predicted octanol–water partition coefficient (Wildman–Crippen LogP) is 6.25. The van der Waals surface area contributed by atoms with Crippen molar-refractivity contribution in [2.45, 2.75) is 71.2 Å². The molecule has 0 fully saturated rings. The second kappa shape index (κ2) is 12.5. The Kier molecular flexibility index (Phi) is 9.34. The van der Waals surface area contributed by atoms with Crippen molar-refractivity contribution in [3.8, 4) is 0 Å². The summed E-state index contributed by atoms with van der Waals surface area (Å²) in [5.74, 6) is 0. The van der Waals surface area contributed by atoms with E-state index in [0.29, 0.717) is 13.0 Å². The molecule has 0 saturated heterocycles. The monoisotopic (exact) mass is 556 g/mol. The molecule has 1 aliphatic heterocycles. The second-order valence-corrected chi connectivity index (χ2v) is 16.9. The van der Waals surface area contributed by atoms with Gasteiger partial charge in [0.2, 0.25) is 0 Å². The van der Waals surface area contributed by atoms with E-state index >= 15 is 0 Å². The summed E-state index contributed by atoms with van der Waals surface area (Å²) in [5, 5.41) is 5.43. The lowest BCUT2D eigenvalue weighted by Crippen LogP contribution is -2.67. The molecule has 1 unspecified atom stereocenters. The number of rotatable bonds is 8. The van der Waals surface area contributed by atoms with Crippen LogP contribution in [0.4, 0.5) is 4.79 Å². The molecule has 0 aliphatic carbocycles. The van der Waals surface area contributed by atoms with Gasteiger partial charge in [-0.2, -0.15) is 0 Å². The third-order valence-electron chi connectivity index (χ3n) is 7.34. The van der Waals surface area contributed by atoms with Crippen LogP contribution in [0.15, 0.2) is 103 Å². The van der Waals surface area contributed by atoms with Gasteiger partial charge in [0.25, 0.3) is 8.32 Å². The molecular weight excluding hydrogens is 512 g/mol. The zero-order valence-corrected chi connectivity index (χ0v) is 25.8. The summed E-state index contributed by atoms with van der Waals surface area (Å²) in [5.41, 5.74) is 1.59. The number of hydrogen-bond donors (Lipinski definition) is 1. The molecule has 0 aromatic heterocycles. The van der Waals surface area contributed by atoms with Gasteiger partial charge in [0, 0.05) is 31.2 Å². The maximum absolute atomic E-state index is 12.6. The van der Waals surface area contributed by atoms with E-state index in [1.807, 2.05) is 26.8 Å². The van der Waals surface area contributed by atoms with E-state index in [2.05, 4.69) is 122 Å². The molecule has 5 nitrogen and oxygen atoms in total. The van der Waals surface area contributed by atoms with Crippen molar-refractivity contribution in [3.05, 3.63) is 108 Å². The molecular formula is C34H44N2O3Si. The standard InChI is InChI=1S/C34H44N2O3Si/c1-33(2,3)39-32(37)35-28-22-23-36(25-27-16-10-7-11-17-27)29(24-28)26-38-40(34(4,5)6,30-18-12-8-13-19-30)31-20-14-9-15-21-31/h7-22,29H,23-26H2,1-6H3,(H,35,37). The molecule has 3 aromatic rings. The van der Waals surface area contributed by atoms with Crippen molar-refractivity contribution in [1.82, 2.24) is 10.2 Å². The van der Waals surface area contributed by atoms with Crippen LogP contribution in [0.2, 0.25) is 5.04 Å². The van der Waals surface area contributed by atoms with Crippen molar-refractivity contribution in [2.24, 2.45) is 0 Å². The van der Waals surface area contributed by atoms with Crippen LogP contribution >= 0.6 is 0 Å². The Morgan fingerprint density at radius 3 is 1.88 bits per heavy atom. The number of nitrogens with one attached hydrogen (secondary N) is 1. The van der Waals surface area contributed by atoms with Crippen LogP contribution in [0.5, 0.6) is 0 Å². The first-order valence-corrected chi connectivity index (χ1v) is 16.1. The van der Waals surface area contributed by atoms with Crippen LogP contribution in [-0.2, 0) is 15.7 Å². The summed E-state index contributed by atoms with van der Waals surface area (Å²) in [6, 6.07) is 32.1. The highest BCUT2D eigenvalue weighted by Crippen LogP contribution is 2.37. The zero-order chi connectivity index (χ0) is 28.8. The number of nitrogens with zero attached hydrogens (tertiary/aromatic N) is 1. The first-order valence-electron chi connectivity index (χ1n) is 14.2. The van der Waals surface area contributed by atoms with Crippen molar-refractivity contribution in [2.75, 3.05) is 13.2 Å². The van der Waals surface area contributed by atoms with Crippen molar-refractivity contribution < 1.29 is 14.0 Å². The number of ether oxygens (including phenoxy) is 1. The molecule has 1 atom stereocenters. The third-order valence-corrected chi connectivity index (χ3v) is 12.3. The minimum Gasteiger partial charge on any atom is -0.444 e. The summed E-state index contributed by atoms with van der Waals surface area (Å²) in [6.07, 6.45) is 2.36. The Hall–Kier alpha value is -3.19. The highest BCUT2D eigenvalue weighted by atomic mass is 28.4. The van der Waals surface area contributed by atoms with E-state index < -0.39 is 20.0 Å². The summed E-state index contributed by atoms with van der Waals surface area (Å²) < 4.78 is 12.9. The number of alkyl carbamates (subject to hydrolysis) is 1. The highest BCUT2D eigenvalue weighted by Gasteiger charge is 2.50. The van der Waals surface area contributed by atoms with Gasteiger partial charge in [-0.25, -0.2) is 4.79 Å². The fourth-order valence-corrected chi connectivity index (χ4v) is 10.1. The average Bonchev–Trinajstić information content (AvgIpc) is 2.90. The van der Waals surface area contributed by atoms with Gasteiger partial charge in [-0.05, 0) is 41.7 Å².